The molecule has 3 N–H and O–H groups in total. The third kappa shape index (κ3) is 2.72. The van der Waals surface area contributed by atoms with E-state index in [1.54, 1.807) is 35.2 Å². The number of H-pyrrole nitrogens is 1. The Kier molecular flexibility index (Phi) is 3.68. The van der Waals surface area contributed by atoms with Crippen LogP contribution in [0.5, 0.6) is 0 Å². The first kappa shape index (κ1) is 12.2. The second-order valence-electron chi connectivity index (χ2n) is 3.92. The number of nitrogens with zero attached hydrogens (tertiary/aromatic N) is 5. The molecule has 0 saturated heterocycles. The van der Waals surface area contributed by atoms with E-state index < -0.39 is 0 Å². The van der Waals surface area contributed by atoms with Gasteiger partial charge in [0.25, 0.3) is 5.91 Å². The van der Waals surface area contributed by atoms with E-state index in [0.717, 1.165) is 5.56 Å². The van der Waals surface area contributed by atoms with Gasteiger partial charge in [-0.05, 0) is 0 Å². The summed E-state index contributed by atoms with van der Waals surface area (Å²) in [4.78, 5) is 13.6. The van der Waals surface area contributed by atoms with Crippen molar-refractivity contribution in [3.05, 3.63) is 29.8 Å². The number of hydrogen-bond acceptors (Lipinski definition) is 5. The Bertz CT molecular complexity index is 504. The SMILES string of the molecule is CN(Cc1cn[nH]c1)C(=O)c1cn(CCN)nn1. The normalized spacial score (nSPS) is 10.6. The number of aromatic nitrogens is 5. The Morgan fingerprint density at radius 2 is 2.44 bits per heavy atom. The highest BCUT2D eigenvalue weighted by Gasteiger charge is 2.16. The van der Waals surface area contributed by atoms with Crippen molar-refractivity contribution in [1.29, 1.82) is 0 Å². The van der Waals surface area contributed by atoms with Crippen molar-refractivity contribution in [1.82, 2.24) is 30.1 Å². The molecule has 0 aliphatic rings. The summed E-state index contributed by atoms with van der Waals surface area (Å²) in [6.45, 7) is 1.48. The van der Waals surface area contributed by atoms with E-state index in [9.17, 15) is 4.79 Å². The summed E-state index contributed by atoms with van der Waals surface area (Å²) in [7, 11) is 1.71. The van der Waals surface area contributed by atoms with Gasteiger partial charge in [-0.3, -0.25) is 14.6 Å². The Hall–Kier alpha value is -2.22. The molecule has 2 rings (SSSR count). The quantitative estimate of drug-likeness (QED) is 0.724. The van der Waals surface area contributed by atoms with Crippen LogP contribution in [0.15, 0.2) is 18.6 Å². The third-order valence-corrected chi connectivity index (χ3v) is 2.44. The second kappa shape index (κ2) is 5.41. The Balaban J connectivity index is 2.01. The van der Waals surface area contributed by atoms with Gasteiger partial charge in [-0.1, -0.05) is 5.21 Å². The molecule has 0 aliphatic heterocycles. The van der Waals surface area contributed by atoms with Crippen molar-refractivity contribution >= 4 is 5.91 Å². The van der Waals surface area contributed by atoms with E-state index in [2.05, 4.69) is 20.5 Å². The van der Waals surface area contributed by atoms with E-state index in [1.807, 2.05) is 0 Å². The fourth-order valence-corrected chi connectivity index (χ4v) is 1.54. The van der Waals surface area contributed by atoms with Crippen LogP contribution in [-0.2, 0) is 13.1 Å². The summed E-state index contributed by atoms with van der Waals surface area (Å²) in [5.74, 6) is -0.181. The fourth-order valence-electron chi connectivity index (χ4n) is 1.54. The van der Waals surface area contributed by atoms with Gasteiger partial charge in [-0.25, -0.2) is 0 Å². The minimum Gasteiger partial charge on any atom is -0.336 e. The molecule has 0 atom stereocenters. The van der Waals surface area contributed by atoms with Crippen LogP contribution in [0.1, 0.15) is 16.1 Å². The lowest BCUT2D eigenvalue weighted by molar-refractivity contribution is 0.0779. The highest BCUT2D eigenvalue weighted by atomic mass is 16.2. The van der Waals surface area contributed by atoms with Gasteiger partial charge in [0, 0.05) is 31.9 Å². The van der Waals surface area contributed by atoms with E-state index in [4.69, 9.17) is 5.73 Å². The molecule has 0 aliphatic carbocycles. The van der Waals surface area contributed by atoms with E-state index in [1.165, 1.54) is 0 Å². The molecule has 8 nitrogen and oxygen atoms in total. The summed E-state index contributed by atoms with van der Waals surface area (Å²) >= 11 is 0. The first-order valence-electron chi connectivity index (χ1n) is 5.54. The molecule has 8 heteroatoms. The number of aromatic amines is 1. The fraction of sp³-hybridized carbons (Fsp3) is 0.400. The van der Waals surface area contributed by atoms with Crippen molar-refractivity contribution in [3.8, 4) is 0 Å². The van der Waals surface area contributed by atoms with Crippen LogP contribution in [0.25, 0.3) is 0 Å². The van der Waals surface area contributed by atoms with Crippen LogP contribution in [0.4, 0.5) is 0 Å². The highest BCUT2D eigenvalue weighted by Crippen LogP contribution is 2.04. The van der Waals surface area contributed by atoms with Crippen LogP contribution >= 0.6 is 0 Å². The number of rotatable bonds is 5. The standard InChI is InChI=1S/C10H15N7O/c1-16(6-8-4-12-13-5-8)10(18)9-7-17(3-2-11)15-14-9/h4-5,7H,2-3,6,11H2,1H3,(H,12,13). The number of nitrogens with two attached hydrogens (primary N) is 1. The summed E-state index contributed by atoms with van der Waals surface area (Å²) in [5.41, 5.74) is 6.65. The summed E-state index contributed by atoms with van der Waals surface area (Å²) < 4.78 is 1.55. The van der Waals surface area contributed by atoms with Crippen molar-refractivity contribution in [2.75, 3.05) is 13.6 Å². The molecule has 0 aromatic carbocycles. The van der Waals surface area contributed by atoms with Crippen molar-refractivity contribution in [2.45, 2.75) is 13.1 Å². The molecule has 0 unspecified atom stereocenters. The van der Waals surface area contributed by atoms with Crippen LogP contribution in [-0.4, -0.2) is 49.6 Å². The van der Waals surface area contributed by atoms with Gasteiger partial charge < -0.3 is 10.6 Å². The van der Waals surface area contributed by atoms with Crippen LogP contribution in [0.3, 0.4) is 0 Å². The molecule has 0 bridgehead atoms. The molecule has 1 amide bonds. The number of carbonyl (C=O) groups is 1. The monoisotopic (exact) mass is 249 g/mol. The van der Waals surface area contributed by atoms with Crippen LogP contribution in [0.2, 0.25) is 0 Å². The molecule has 0 saturated carbocycles. The Morgan fingerprint density at radius 1 is 1.61 bits per heavy atom. The average molecular weight is 249 g/mol. The van der Waals surface area contributed by atoms with Gasteiger partial charge in [-0.2, -0.15) is 5.10 Å². The number of amides is 1. The van der Waals surface area contributed by atoms with Gasteiger partial charge in [-0.15, -0.1) is 5.10 Å². The minimum absolute atomic E-state index is 0.181. The van der Waals surface area contributed by atoms with Gasteiger partial charge in [0.2, 0.25) is 0 Å². The highest BCUT2D eigenvalue weighted by molar-refractivity contribution is 5.91. The summed E-state index contributed by atoms with van der Waals surface area (Å²) in [6, 6.07) is 0. The maximum Gasteiger partial charge on any atom is 0.276 e. The number of carbonyl (C=O) groups excluding carboxylic acids is 1. The molecular weight excluding hydrogens is 234 g/mol. The third-order valence-electron chi connectivity index (χ3n) is 2.44. The van der Waals surface area contributed by atoms with E-state index in [-0.39, 0.29) is 5.91 Å². The lowest BCUT2D eigenvalue weighted by Crippen LogP contribution is -2.26. The van der Waals surface area contributed by atoms with Crippen LogP contribution in [0, 0.1) is 0 Å². The summed E-state index contributed by atoms with van der Waals surface area (Å²) in [5, 5.41) is 14.2. The van der Waals surface area contributed by atoms with Crippen molar-refractivity contribution in [3.63, 3.8) is 0 Å². The molecule has 2 aromatic heterocycles. The maximum absolute atomic E-state index is 12.0. The zero-order valence-electron chi connectivity index (χ0n) is 10.1. The number of hydrogen-bond donors (Lipinski definition) is 2. The predicted octanol–water partition coefficient (Wildman–Crippen LogP) is -0.768. The zero-order chi connectivity index (χ0) is 13.0. The van der Waals surface area contributed by atoms with E-state index in [0.29, 0.717) is 25.3 Å². The maximum atomic E-state index is 12.0. The first-order chi connectivity index (χ1) is 8.70. The summed E-state index contributed by atoms with van der Waals surface area (Å²) in [6.07, 6.45) is 5.02. The molecule has 0 fully saturated rings. The van der Waals surface area contributed by atoms with Gasteiger partial charge in [0.15, 0.2) is 5.69 Å². The molecular formula is C10H15N7O. The molecule has 2 heterocycles. The van der Waals surface area contributed by atoms with Crippen molar-refractivity contribution < 1.29 is 4.79 Å². The average Bonchev–Trinajstić information content (AvgIpc) is 3.00. The Morgan fingerprint density at radius 3 is 3.11 bits per heavy atom. The lowest BCUT2D eigenvalue weighted by atomic mass is 10.3. The van der Waals surface area contributed by atoms with Crippen molar-refractivity contribution in [2.24, 2.45) is 5.73 Å². The van der Waals surface area contributed by atoms with E-state index >= 15 is 0 Å². The first-order valence-corrected chi connectivity index (χ1v) is 5.54. The predicted molar refractivity (Wildman–Crippen MR) is 63.5 cm³/mol. The molecule has 96 valence electrons. The number of nitrogens with one attached hydrogen (secondary N) is 1. The lowest BCUT2D eigenvalue weighted by Gasteiger charge is -2.13. The second-order valence-corrected chi connectivity index (χ2v) is 3.92. The van der Waals surface area contributed by atoms with Gasteiger partial charge in [0.1, 0.15) is 0 Å². The molecule has 18 heavy (non-hydrogen) atoms. The smallest absolute Gasteiger partial charge is 0.276 e. The minimum atomic E-state index is -0.181. The molecule has 2 aromatic rings. The largest absolute Gasteiger partial charge is 0.336 e. The molecule has 0 spiro atoms. The Labute approximate surface area is 104 Å². The zero-order valence-corrected chi connectivity index (χ0v) is 10.1. The van der Waals surface area contributed by atoms with Gasteiger partial charge >= 0.3 is 0 Å². The molecule has 0 radical (unpaired) electrons. The topological polar surface area (TPSA) is 106 Å². The van der Waals surface area contributed by atoms with Crippen LogP contribution < -0.4 is 5.73 Å². The van der Waals surface area contributed by atoms with Gasteiger partial charge in [0.05, 0.1) is 18.9 Å².